The van der Waals surface area contributed by atoms with Crippen LogP contribution in [0.4, 0.5) is 0 Å². The molecule has 4 N–H and O–H groups in total. The predicted octanol–water partition coefficient (Wildman–Crippen LogP) is -0.465. The molecule has 11 heteroatoms. The molecule has 0 saturated carbocycles. The molecule has 5 rings (SSSR count). The number of allylic oxidation sites excluding steroid dienone is 1. The van der Waals surface area contributed by atoms with Gasteiger partial charge >= 0.3 is 51.4 Å². The second-order valence-electron chi connectivity index (χ2n) is 9.61. The average molecular weight is 818 g/mol. The number of fused-ring (bicyclic) bond motifs is 1. The number of rotatable bonds is 13. The van der Waals surface area contributed by atoms with Crippen molar-refractivity contribution in [2.45, 2.75) is 12.8 Å². The number of alkyl halides is 1. The molecule has 50 heavy (non-hydrogen) atoms. The zero-order valence-electron chi connectivity index (χ0n) is 29.2. The van der Waals surface area contributed by atoms with Gasteiger partial charge in [0, 0.05) is 11.1 Å². The fourth-order valence-electron chi connectivity index (χ4n) is 3.75. The summed E-state index contributed by atoms with van der Waals surface area (Å²) < 4.78 is 19.8. The predicted molar refractivity (Wildman–Crippen MR) is 204 cm³/mol. The first-order valence-corrected chi connectivity index (χ1v) is 16.9. The van der Waals surface area contributed by atoms with Gasteiger partial charge in [-0.1, -0.05) is 125 Å². The van der Waals surface area contributed by atoms with Gasteiger partial charge in [0.05, 0.1) is 77.0 Å². The van der Waals surface area contributed by atoms with E-state index in [1.54, 1.807) is 0 Å². The van der Waals surface area contributed by atoms with Gasteiger partial charge in [0.1, 0.15) is 6.61 Å². The maximum atomic E-state index is 8.90. The molecule has 1 saturated heterocycles. The zero-order chi connectivity index (χ0) is 34.0. The molecule has 3 aromatic rings. The third-order valence-corrected chi connectivity index (χ3v) is 6.22. The first kappa shape index (κ1) is 53.0. The number of hydrogen-bond donors (Lipinski definition) is 2. The van der Waals surface area contributed by atoms with Crippen molar-refractivity contribution in [3.8, 4) is 24.7 Å². The van der Waals surface area contributed by atoms with Gasteiger partial charge in [-0.05, 0) is 24.0 Å². The van der Waals surface area contributed by atoms with E-state index in [0.717, 1.165) is 36.6 Å². The Morgan fingerprint density at radius 2 is 1.32 bits per heavy atom. The molecule has 0 amide bonds. The molecule has 0 bridgehead atoms. The number of ether oxygens (including phenoxy) is 4. The molecule has 1 aliphatic heterocycles. The molecule has 0 aromatic heterocycles. The van der Waals surface area contributed by atoms with Gasteiger partial charge in [-0.25, -0.2) is 0 Å². The molecule has 0 unspecified atom stereocenters. The zero-order valence-corrected chi connectivity index (χ0v) is 35.5. The van der Waals surface area contributed by atoms with Crippen LogP contribution in [0.2, 0.25) is 0 Å². The Morgan fingerprint density at radius 1 is 0.820 bits per heavy atom. The number of nitrogens with zero attached hydrogens (tertiary/aromatic N) is 1. The molecule has 1 heterocycles. The minimum absolute atomic E-state index is 0. The van der Waals surface area contributed by atoms with Crippen molar-refractivity contribution in [1.29, 1.82) is 0 Å². The monoisotopic (exact) mass is 815 g/mol. The number of aliphatic hydroxyl groups excluding tert-OH is 1. The summed E-state index contributed by atoms with van der Waals surface area (Å²) in [6.07, 6.45) is 16.6. The third-order valence-electron chi connectivity index (χ3n) is 5.90. The van der Waals surface area contributed by atoms with Gasteiger partial charge < -0.3 is 42.2 Å². The summed E-state index contributed by atoms with van der Waals surface area (Å²) in [5.74, 6) is 4.72. The van der Waals surface area contributed by atoms with Gasteiger partial charge in [-0.3, -0.25) is 4.99 Å². The van der Waals surface area contributed by atoms with Crippen LogP contribution in [0.15, 0.2) is 96.0 Å². The van der Waals surface area contributed by atoms with Crippen molar-refractivity contribution in [3.63, 3.8) is 0 Å². The number of epoxide rings is 1. The Morgan fingerprint density at radius 3 is 1.78 bits per heavy atom. The number of aryl methyl sites for hydroxylation is 1. The fraction of sp³-hybridized carbons (Fsp3) is 0.359. The summed E-state index contributed by atoms with van der Waals surface area (Å²) in [5, 5.41) is 9.56. The van der Waals surface area contributed by atoms with Gasteiger partial charge in [0.2, 0.25) is 0 Å². The van der Waals surface area contributed by atoms with Crippen molar-refractivity contribution in [1.82, 2.24) is 0 Å². The molecular weight excluding hydrogens is 766 g/mol. The summed E-state index contributed by atoms with van der Waals surface area (Å²) in [6, 6.07) is 28.6. The number of terminal acetylenes is 2. The van der Waals surface area contributed by atoms with E-state index in [4.69, 9.17) is 32.2 Å². The van der Waals surface area contributed by atoms with Crippen LogP contribution in [0.1, 0.15) is 28.7 Å². The summed E-state index contributed by atoms with van der Waals surface area (Å²) in [4.78, 5) is 4.45. The van der Waals surface area contributed by atoms with E-state index in [0.29, 0.717) is 51.5 Å². The van der Waals surface area contributed by atoms with Crippen LogP contribution in [0, 0.1) is 24.7 Å². The van der Waals surface area contributed by atoms with E-state index in [1.807, 2.05) is 60.7 Å². The van der Waals surface area contributed by atoms with Crippen LogP contribution >= 0.6 is 28.3 Å². The van der Waals surface area contributed by atoms with E-state index < -0.39 is 0 Å². The fourth-order valence-corrected chi connectivity index (χ4v) is 3.75. The minimum Gasteiger partial charge on any atom is -1.00 e. The molecule has 1 fully saturated rings. The molecule has 2 aliphatic rings. The maximum absolute atomic E-state index is 8.90. The van der Waals surface area contributed by atoms with E-state index in [-0.39, 0.29) is 82.8 Å². The van der Waals surface area contributed by atoms with Gasteiger partial charge in [-0.2, -0.15) is 0 Å². The molecule has 0 radical (unpaired) electrons. The van der Waals surface area contributed by atoms with Crippen LogP contribution in [0.5, 0.6) is 0 Å². The maximum Gasteiger partial charge on any atom is 1.00 e. The van der Waals surface area contributed by atoms with Crippen molar-refractivity contribution in [2.75, 3.05) is 77.9 Å². The molecule has 268 valence electrons. The molecule has 7 nitrogen and oxygen atoms in total. The second kappa shape index (κ2) is 40.4. The Labute approximate surface area is 363 Å². The van der Waals surface area contributed by atoms with Crippen LogP contribution in [0.3, 0.4) is 0 Å². The standard InChI is InChI=1S/C15H15NO.C10H10.C9H17NO3.C3H3Br.C2H4O.2ClH.K/c17-12-11-16-15(13-7-3-1-4-8-13)14-9-5-2-6-10-14;1-2-6-10-8-4-3-7-9(10)5-1;1-2-4-11-6-8-13-9-7-12-5-3-10;1-2-3-4;1-2-3-1;;;/h1-10,17H,11-12H2;1-3,5-7H,4,8H2;1H,3-10H2;1H,3H2;1-2H2;2*1H;/q;;;;;;;+1. The topological polar surface area (TPSA) is 100 Å². The first-order chi connectivity index (χ1) is 23.2. The van der Waals surface area contributed by atoms with Gasteiger partial charge in [0.15, 0.2) is 0 Å². The quantitative estimate of drug-likeness (QED) is 0.0608. The summed E-state index contributed by atoms with van der Waals surface area (Å²) in [6.45, 7) is 6.66. The number of aliphatic imine (C=N–C) groups is 1. The van der Waals surface area contributed by atoms with E-state index in [1.165, 1.54) is 24.0 Å². The third kappa shape index (κ3) is 30.3. The van der Waals surface area contributed by atoms with Gasteiger partial charge in [0.25, 0.3) is 0 Å². The number of halogens is 3. The van der Waals surface area contributed by atoms with E-state index >= 15 is 0 Å². The summed E-state index contributed by atoms with van der Waals surface area (Å²) in [7, 11) is 0. The van der Waals surface area contributed by atoms with Crippen LogP contribution in [-0.4, -0.2) is 88.7 Å². The van der Waals surface area contributed by atoms with E-state index in [2.05, 4.69) is 79.7 Å². The normalized spacial score (nSPS) is 10.7. The van der Waals surface area contributed by atoms with Crippen molar-refractivity contribution < 1.29 is 93.6 Å². The molecule has 0 atom stereocenters. The van der Waals surface area contributed by atoms with E-state index in [9.17, 15) is 0 Å². The number of hydrogen-bond acceptors (Lipinski definition) is 6. The molecular formula is C39H51BrCl2KN2O5+. The molecule has 0 spiro atoms. The Hall–Kier alpha value is -1.35. The van der Waals surface area contributed by atoms with Crippen molar-refractivity contribution in [3.05, 3.63) is 113 Å². The largest absolute Gasteiger partial charge is 1.00 e. The van der Waals surface area contributed by atoms with Crippen LogP contribution < -0.4 is 69.5 Å². The van der Waals surface area contributed by atoms with Crippen LogP contribution in [0.25, 0.3) is 6.08 Å². The average Bonchev–Trinajstić information content (AvgIpc) is 4.03. The summed E-state index contributed by atoms with van der Waals surface area (Å²) in [5.41, 5.74) is 9.62. The minimum atomic E-state index is 0. The Kier molecular flexibility index (Phi) is 42.8. The summed E-state index contributed by atoms with van der Waals surface area (Å²) >= 11 is 3.01. The molecule has 3 aromatic carbocycles. The van der Waals surface area contributed by atoms with Crippen molar-refractivity contribution >= 4 is 40.1 Å². The van der Waals surface area contributed by atoms with Gasteiger partial charge in [-0.15, -0.1) is 25.3 Å². The number of benzene rings is 3. The Balaban J connectivity index is -0.000000599. The number of aliphatic hydroxyl groups is 1. The number of quaternary nitrogens is 1. The molecule has 1 aliphatic carbocycles. The van der Waals surface area contributed by atoms with Crippen molar-refractivity contribution in [2.24, 2.45) is 4.99 Å². The first-order valence-electron chi connectivity index (χ1n) is 15.7. The smallest absolute Gasteiger partial charge is 1.00 e. The van der Waals surface area contributed by atoms with Crippen LogP contribution in [-0.2, 0) is 25.4 Å². The SMILES string of the molecule is C#CCBr.C#CCOCCOCCOCC[NH3+].C1=Cc2ccccc2CC1.C1CO1.Cl.OCCN=C(c1ccccc1)c1ccccc1.[Cl-].[K+]. The Bertz CT molecular complexity index is 1280. The second-order valence-corrected chi connectivity index (χ2v) is 10.2.